The second-order valence-electron chi connectivity index (χ2n) is 8.89. The molecule has 9 heteroatoms. The third-order valence-electron chi connectivity index (χ3n) is 6.59. The number of amides is 1. The van der Waals surface area contributed by atoms with E-state index in [-0.39, 0.29) is 17.9 Å². The molecule has 2 aromatic rings. The highest BCUT2D eigenvalue weighted by Gasteiger charge is 2.29. The van der Waals surface area contributed by atoms with Gasteiger partial charge in [0.2, 0.25) is 5.91 Å². The van der Waals surface area contributed by atoms with Crippen LogP contribution in [0.2, 0.25) is 0 Å². The fourth-order valence-corrected chi connectivity index (χ4v) is 5.53. The van der Waals surface area contributed by atoms with Crippen LogP contribution in [-0.2, 0) is 20.8 Å². The molecule has 2 fully saturated rings. The van der Waals surface area contributed by atoms with Crippen molar-refractivity contribution in [1.29, 1.82) is 0 Å². The lowest BCUT2D eigenvalue weighted by atomic mass is 10.1. The van der Waals surface area contributed by atoms with Crippen molar-refractivity contribution in [2.24, 2.45) is 5.92 Å². The predicted octanol–water partition coefficient (Wildman–Crippen LogP) is 4.29. The van der Waals surface area contributed by atoms with E-state index >= 15 is 0 Å². The topological polar surface area (TPSA) is 94.5 Å². The summed E-state index contributed by atoms with van der Waals surface area (Å²) in [7, 11) is 1.36. The molecule has 4 heterocycles. The van der Waals surface area contributed by atoms with Gasteiger partial charge in [0.25, 0.3) is 0 Å². The summed E-state index contributed by atoms with van der Waals surface area (Å²) >= 11 is 1.98. The number of carbonyl (C=O) groups is 2. The molecular formula is C24H34N4O4S. The molecule has 0 saturated carbocycles. The zero-order valence-electron chi connectivity index (χ0n) is 19.7. The number of fused-ring (bicyclic) bond motifs is 1. The molecule has 2 N–H and O–H groups in total. The van der Waals surface area contributed by atoms with Crippen molar-refractivity contribution < 1.29 is 19.1 Å². The summed E-state index contributed by atoms with van der Waals surface area (Å²) in [4.78, 5) is 30.6. The van der Waals surface area contributed by atoms with E-state index in [1.54, 1.807) is 0 Å². The summed E-state index contributed by atoms with van der Waals surface area (Å²) in [5.74, 6) is 1.49. The summed E-state index contributed by atoms with van der Waals surface area (Å²) < 4.78 is 12.8. The third kappa shape index (κ3) is 5.30. The average molecular weight is 475 g/mol. The molecular weight excluding hydrogens is 440 g/mol. The molecule has 0 spiro atoms. The standard InChI is InChI=1S/C24H34N4O4S/c1-4-15(2)23(29)27-20-19-12-17(26-16-7-10-33-11-8-16)13-25-22(19)28(21(20)24(30)31-3)14-18-6-5-9-32-18/h12-13,15-16,18,26H,4-11,14H2,1-3H3,(H,27,29)/t15-,18-/m0/s1. The van der Waals surface area contributed by atoms with E-state index in [1.807, 2.05) is 42.4 Å². The van der Waals surface area contributed by atoms with Gasteiger partial charge in [-0.25, -0.2) is 9.78 Å². The van der Waals surface area contributed by atoms with Gasteiger partial charge in [-0.3, -0.25) is 4.79 Å². The summed E-state index contributed by atoms with van der Waals surface area (Å²) in [5, 5.41) is 7.35. The van der Waals surface area contributed by atoms with E-state index in [0.29, 0.717) is 36.0 Å². The highest BCUT2D eigenvalue weighted by Crippen LogP contribution is 2.34. The van der Waals surface area contributed by atoms with Gasteiger partial charge in [-0.1, -0.05) is 13.8 Å². The van der Waals surface area contributed by atoms with Crippen molar-refractivity contribution in [1.82, 2.24) is 9.55 Å². The number of hydrogen-bond donors (Lipinski definition) is 2. The van der Waals surface area contributed by atoms with E-state index in [2.05, 4.69) is 10.6 Å². The van der Waals surface area contributed by atoms with Crippen LogP contribution < -0.4 is 10.6 Å². The second kappa shape index (κ2) is 10.8. The lowest BCUT2D eigenvalue weighted by Gasteiger charge is -2.23. The molecule has 2 aliphatic rings. The Balaban J connectivity index is 1.79. The van der Waals surface area contributed by atoms with Crippen LogP contribution in [-0.4, -0.2) is 58.8 Å². The SMILES string of the molecule is CC[C@H](C)C(=O)Nc1c(C(=O)OC)n(C[C@@H]2CCCO2)c2ncc(NC3CCSCC3)cc12. The van der Waals surface area contributed by atoms with Crippen LogP contribution in [0.15, 0.2) is 12.3 Å². The van der Waals surface area contributed by atoms with Gasteiger partial charge < -0.3 is 24.7 Å². The molecule has 2 atom stereocenters. The van der Waals surface area contributed by atoms with Gasteiger partial charge in [0, 0.05) is 24.0 Å². The smallest absolute Gasteiger partial charge is 0.356 e. The van der Waals surface area contributed by atoms with Crippen LogP contribution in [0, 0.1) is 5.92 Å². The molecule has 2 aromatic heterocycles. The van der Waals surface area contributed by atoms with E-state index in [1.165, 1.54) is 7.11 Å². The van der Waals surface area contributed by atoms with Gasteiger partial charge in [0.1, 0.15) is 5.65 Å². The van der Waals surface area contributed by atoms with Crippen molar-refractivity contribution >= 4 is 46.0 Å². The number of carbonyl (C=O) groups excluding carboxylic acids is 2. The maximum Gasteiger partial charge on any atom is 0.356 e. The van der Waals surface area contributed by atoms with Crippen LogP contribution in [0.3, 0.4) is 0 Å². The molecule has 180 valence electrons. The molecule has 2 saturated heterocycles. The minimum absolute atomic E-state index is 0.00136. The van der Waals surface area contributed by atoms with Crippen molar-refractivity contribution in [3.8, 4) is 0 Å². The quantitative estimate of drug-likeness (QED) is 0.551. The summed E-state index contributed by atoms with van der Waals surface area (Å²) in [5.41, 5.74) is 2.33. The molecule has 33 heavy (non-hydrogen) atoms. The van der Waals surface area contributed by atoms with Crippen LogP contribution in [0.4, 0.5) is 11.4 Å². The first-order valence-electron chi connectivity index (χ1n) is 11.9. The molecule has 0 unspecified atom stereocenters. The first-order chi connectivity index (χ1) is 16.0. The number of nitrogens with one attached hydrogen (secondary N) is 2. The van der Waals surface area contributed by atoms with E-state index < -0.39 is 5.97 Å². The molecule has 4 rings (SSSR count). The van der Waals surface area contributed by atoms with Crippen molar-refractivity contribution in [2.75, 3.05) is 35.9 Å². The van der Waals surface area contributed by atoms with Crippen LogP contribution in [0.25, 0.3) is 11.0 Å². The summed E-state index contributed by atoms with van der Waals surface area (Å²) in [6, 6.07) is 2.40. The van der Waals surface area contributed by atoms with Gasteiger partial charge in [-0.05, 0) is 49.7 Å². The number of nitrogens with zero attached hydrogens (tertiary/aromatic N) is 2. The van der Waals surface area contributed by atoms with Crippen LogP contribution in [0.5, 0.6) is 0 Å². The number of ether oxygens (including phenoxy) is 2. The maximum absolute atomic E-state index is 12.9. The molecule has 1 amide bonds. The molecule has 0 radical (unpaired) electrons. The van der Waals surface area contributed by atoms with Gasteiger partial charge in [0.05, 0.1) is 37.3 Å². The monoisotopic (exact) mass is 474 g/mol. The van der Waals surface area contributed by atoms with Gasteiger partial charge in [-0.2, -0.15) is 11.8 Å². The average Bonchev–Trinajstić information content (AvgIpc) is 3.45. The first kappa shape index (κ1) is 23.9. The van der Waals surface area contributed by atoms with Crippen molar-refractivity contribution in [3.05, 3.63) is 18.0 Å². The Morgan fingerprint density at radius 1 is 1.33 bits per heavy atom. The molecule has 0 bridgehead atoms. The Morgan fingerprint density at radius 2 is 2.12 bits per heavy atom. The number of anilines is 2. The molecule has 0 aromatic carbocycles. The minimum Gasteiger partial charge on any atom is -0.464 e. The Bertz CT molecular complexity index is 996. The second-order valence-corrected chi connectivity index (χ2v) is 10.1. The third-order valence-corrected chi connectivity index (χ3v) is 7.64. The lowest BCUT2D eigenvalue weighted by Crippen LogP contribution is -2.24. The van der Waals surface area contributed by atoms with Gasteiger partial charge >= 0.3 is 5.97 Å². The largest absolute Gasteiger partial charge is 0.464 e. The summed E-state index contributed by atoms with van der Waals surface area (Å²) in [6.45, 7) is 5.05. The normalized spacial score (nSPS) is 20.0. The van der Waals surface area contributed by atoms with Crippen molar-refractivity contribution in [3.63, 3.8) is 0 Å². The Labute approximate surface area is 199 Å². The maximum atomic E-state index is 12.9. The zero-order chi connectivity index (χ0) is 23.4. The molecule has 2 aliphatic heterocycles. The number of aromatic nitrogens is 2. The Kier molecular flexibility index (Phi) is 7.80. The lowest BCUT2D eigenvalue weighted by molar-refractivity contribution is -0.119. The number of hydrogen-bond acceptors (Lipinski definition) is 7. The van der Waals surface area contributed by atoms with Crippen molar-refractivity contribution in [2.45, 2.75) is 64.6 Å². The van der Waals surface area contributed by atoms with Crippen LogP contribution in [0.1, 0.15) is 56.4 Å². The zero-order valence-corrected chi connectivity index (χ0v) is 20.5. The van der Waals surface area contributed by atoms with E-state index in [4.69, 9.17) is 14.5 Å². The number of thioether (sulfide) groups is 1. The van der Waals surface area contributed by atoms with Crippen LogP contribution >= 0.6 is 11.8 Å². The Morgan fingerprint density at radius 3 is 2.79 bits per heavy atom. The minimum atomic E-state index is -0.496. The first-order valence-corrected chi connectivity index (χ1v) is 13.0. The number of pyridine rings is 1. The highest BCUT2D eigenvalue weighted by atomic mass is 32.2. The van der Waals surface area contributed by atoms with E-state index in [9.17, 15) is 9.59 Å². The molecule has 0 aliphatic carbocycles. The fourth-order valence-electron chi connectivity index (χ4n) is 4.42. The molecule has 8 nitrogen and oxygen atoms in total. The number of esters is 1. The van der Waals surface area contributed by atoms with Gasteiger partial charge in [-0.15, -0.1) is 0 Å². The highest BCUT2D eigenvalue weighted by molar-refractivity contribution is 7.99. The number of rotatable bonds is 8. The fraction of sp³-hybridized carbons (Fsp3) is 0.625. The number of methoxy groups -OCH3 is 1. The Hall–Kier alpha value is -2.26. The van der Waals surface area contributed by atoms with E-state index in [0.717, 1.165) is 54.9 Å². The summed E-state index contributed by atoms with van der Waals surface area (Å²) in [6.07, 6.45) is 6.66. The van der Waals surface area contributed by atoms with Gasteiger partial charge in [0.15, 0.2) is 5.69 Å². The predicted molar refractivity (Wildman–Crippen MR) is 132 cm³/mol.